The van der Waals surface area contributed by atoms with Crippen LogP contribution in [0.1, 0.15) is 51.6 Å². The number of nitriles is 1. The number of aryl methyl sites for hydroxylation is 1. The summed E-state index contributed by atoms with van der Waals surface area (Å²) in [6.07, 6.45) is 1.78. The van der Waals surface area contributed by atoms with E-state index in [0.29, 0.717) is 5.56 Å². The van der Waals surface area contributed by atoms with Gasteiger partial charge in [-0.15, -0.1) is 0 Å². The van der Waals surface area contributed by atoms with Crippen LogP contribution >= 0.6 is 0 Å². The Labute approximate surface area is 169 Å². The first-order chi connectivity index (χ1) is 13.8. The Hall–Kier alpha value is -3.46. The summed E-state index contributed by atoms with van der Waals surface area (Å²) >= 11 is 0. The summed E-state index contributed by atoms with van der Waals surface area (Å²) in [5.41, 5.74) is 0.833. The van der Waals surface area contributed by atoms with Crippen LogP contribution in [0.4, 0.5) is 0 Å². The largest absolute Gasteiger partial charge is 0.452 e. The summed E-state index contributed by atoms with van der Waals surface area (Å²) in [4.78, 5) is 37.5. The molecule has 2 aromatic rings. The third kappa shape index (κ3) is 4.69. The lowest BCUT2D eigenvalue weighted by Gasteiger charge is -2.22. The number of carbonyl (C=O) groups is 3. The van der Waals surface area contributed by atoms with Gasteiger partial charge in [-0.05, 0) is 38.7 Å². The highest BCUT2D eigenvalue weighted by atomic mass is 16.5. The summed E-state index contributed by atoms with van der Waals surface area (Å²) < 4.78 is 5.11. The number of hydrogen-bond donors (Lipinski definition) is 1. The van der Waals surface area contributed by atoms with Crippen LogP contribution in [0, 0.1) is 24.2 Å². The van der Waals surface area contributed by atoms with E-state index in [1.54, 1.807) is 37.3 Å². The van der Waals surface area contributed by atoms with E-state index >= 15 is 0 Å². The van der Waals surface area contributed by atoms with Crippen molar-refractivity contribution in [3.05, 3.63) is 70.8 Å². The molecule has 0 aliphatic heterocycles. The number of hydrogen-bond acceptors (Lipinski definition) is 5. The van der Waals surface area contributed by atoms with Crippen LogP contribution < -0.4 is 5.32 Å². The van der Waals surface area contributed by atoms with Crippen molar-refractivity contribution in [2.45, 2.75) is 32.2 Å². The van der Waals surface area contributed by atoms with Gasteiger partial charge in [0.25, 0.3) is 5.91 Å². The predicted molar refractivity (Wildman–Crippen MR) is 106 cm³/mol. The zero-order chi connectivity index (χ0) is 21.0. The number of amides is 1. The molecule has 0 radical (unpaired) electrons. The minimum Gasteiger partial charge on any atom is -0.452 e. The van der Waals surface area contributed by atoms with Crippen molar-refractivity contribution < 1.29 is 19.1 Å². The Morgan fingerprint density at radius 2 is 1.72 bits per heavy atom. The third-order valence-corrected chi connectivity index (χ3v) is 5.06. The maximum atomic E-state index is 12.8. The van der Waals surface area contributed by atoms with Crippen molar-refractivity contribution in [3.63, 3.8) is 0 Å². The molecule has 0 unspecified atom stereocenters. The molecule has 1 atom stereocenters. The smallest absolute Gasteiger partial charge is 0.339 e. The number of esters is 1. The molecule has 1 fully saturated rings. The van der Waals surface area contributed by atoms with E-state index < -0.39 is 24.0 Å². The lowest BCUT2D eigenvalue weighted by Crippen LogP contribution is -2.48. The topological polar surface area (TPSA) is 96.3 Å². The highest BCUT2D eigenvalue weighted by Gasteiger charge is 2.43. The maximum absolute atomic E-state index is 12.8. The van der Waals surface area contributed by atoms with Crippen molar-refractivity contribution in [1.82, 2.24) is 5.32 Å². The van der Waals surface area contributed by atoms with E-state index in [2.05, 4.69) is 11.4 Å². The average molecular weight is 390 g/mol. The first kappa shape index (κ1) is 20.3. The fourth-order valence-corrected chi connectivity index (χ4v) is 3.14. The molecule has 0 bridgehead atoms. The van der Waals surface area contributed by atoms with E-state index in [1.807, 2.05) is 19.1 Å². The van der Waals surface area contributed by atoms with Crippen molar-refractivity contribution in [2.24, 2.45) is 5.92 Å². The molecule has 6 nitrogen and oxygen atoms in total. The van der Waals surface area contributed by atoms with Crippen molar-refractivity contribution in [2.75, 3.05) is 6.61 Å². The second-order valence-corrected chi connectivity index (χ2v) is 7.45. The Bertz CT molecular complexity index is 987. The molecule has 0 heterocycles. The van der Waals surface area contributed by atoms with Crippen LogP contribution in [-0.2, 0) is 9.53 Å². The fraction of sp³-hybridized carbons (Fsp3) is 0.304. The molecule has 1 amide bonds. The number of benzene rings is 2. The van der Waals surface area contributed by atoms with Gasteiger partial charge in [-0.3, -0.25) is 9.59 Å². The Morgan fingerprint density at radius 1 is 1.10 bits per heavy atom. The quantitative estimate of drug-likeness (QED) is 0.578. The first-order valence-electron chi connectivity index (χ1n) is 9.44. The number of rotatable bonds is 7. The molecule has 1 N–H and O–H groups in total. The van der Waals surface area contributed by atoms with Crippen LogP contribution in [0.15, 0.2) is 48.5 Å². The Balaban J connectivity index is 1.68. The highest BCUT2D eigenvalue weighted by Crippen LogP contribution is 2.39. The molecule has 148 valence electrons. The van der Waals surface area contributed by atoms with Crippen molar-refractivity contribution >= 4 is 17.7 Å². The fourth-order valence-electron chi connectivity index (χ4n) is 3.14. The van der Waals surface area contributed by atoms with E-state index in [-0.39, 0.29) is 22.8 Å². The zero-order valence-electron chi connectivity index (χ0n) is 16.4. The van der Waals surface area contributed by atoms with Crippen LogP contribution in [0.2, 0.25) is 0 Å². The summed E-state index contributed by atoms with van der Waals surface area (Å²) in [5, 5.41) is 11.9. The first-order valence-corrected chi connectivity index (χ1v) is 9.44. The zero-order valence-corrected chi connectivity index (χ0v) is 16.4. The Kier molecular flexibility index (Phi) is 5.79. The van der Waals surface area contributed by atoms with E-state index in [1.165, 1.54) is 6.07 Å². The van der Waals surface area contributed by atoms with Gasteiger partial charge in [-0.2, -0.15) is 5.26 Å². The number of carbonyl (C=O) groups excluding carboxylic acids is 3. The van der Waals surface area contributed by atoms with E-state index in [4.69, 9.17) is 4.74 Å². The van der Waals surface area contributed by atoms with Gasteiger partial charge in [0.2, 0.25) is 0 Å². The molecule has 6 heteroatoms. The van der Waals surface area contributed by atoms with Gasteiger partial charge < -0.3 is 10.1 Å². The maximum Gasteiger partial charge on any atom is 0.339 e. The van der Waals surface area contributed by atoms with E-state index in [9.17, 15) is 19.6 Å². The predicted octanol–water partition coefficient (Wildman–Crippen LogP) is 3.19. The van der Waals surface area contributed by atoms with Gasteiger partial charge in [0.15, 0.2) is 12.4 Å². The minimum atomic E-state index is -0.956. The summed E-state index contributed by atoms with van der Waals surface area (Å²) in [6.45, 7) is 3.07. The minimum absolute atomic E-state index is 0.0936. The van der Waals surface area contributed by atoms with Gasteiger partial charge in [0, 0.05) is 11.1 Å². The van der Waals surface area contributed by atoms with Crippen LogP contribution in [0.5, 0.6) is 0 Å². The second-order valence-electron chi connectivity index (χ2n) is 7.45. The molecule has 1 aliphatic rings. The van der Waals surface area contributed by atoms with Crippen molar-refractivity contribution in [1.29, 1.82) is 5.26 Å². The van der Waals surface area contributed by atoms with Crippen LogP contribution in [-0.4, -0.2) is 29.8 Å². The molecule has 0 aromatic heterocycles. The summed E-state index contributed by atoms with van der Waals surface area (Å²) in [7, 11) is 0. The number of ketones is 1. The number of nitrogens with zero attached hydrogens (tertiary/aromatic N) is 1. The summed E-state index contributed by atoms with van der Waals surface area (Å²) in [5.74, 6) is -1.48. The molecule has 1 saturated carbocycles. The van der Waals surface area contributed by atoms with Gasteiger partial charge >= 0.3 is 5.97 Å². The normalized spacial score (nSPS) is 14.9. The summed E-state index contributed by atoms with van der Waals surface area (Å²) in [6, 6.07) is 15.5. The van der Waals surface area contributed by atoms with Gasteiger partial charge in [0.1, 0.15) is 5.54 Å². The second kappa shape index (κ2) is 8.27. The van der Waals surface area contributed by atoms with Gasteiger partial charge in [-0.25, -0.2) is 4.79 Å². The molecule has 1 aliphatic carbocycles. The number of ether oxygens (including phenoxy) is 1. The lowest BCUT2D eigenvalue weighted by atomic mass is 9.97. The monoisotopic (exact) mass is 390 g/mol. The number of nitrogens with one attached hydrogen (secondary N) is 1. The van der Waals surface area contributed by atoms with Gasteiger partial charge in [-0.1, -0.05) is 48.0 Å². The molecule has 2 aromatic carbocycles. The third-order valence-electron chi connectivity index (χ3n) is 5.06. The van der Waals surface area contributed by atoms with Crippen LogP contribution in [0.3, 0.4) is 0 Å². The molecule has 29 heavy (non-hydrogen) atoms. The lowest BCUT2D eigenvalue weighted by molar-refractivity contribution is -0.125. The highest BCUT2D eigenvalue weighted by molar-refractivity contribution is 6.14. The average Bonchev–Trinajstić information content (AvgIpc) is 3.58. The standard InChI is InChI=1S/C23H22N2O4/c1-15-7-9-16(10-8-15)21(27)18-5-3-4-6-19(18)22(28)29-13-20(26)25-23(2,14-24)17-11-12-17/h3-10,17H,11-13H2,1-2H3,(H,25,26)/t23-/m1/s1. The molecular formula is C23H22N2O4. The van der Waals surface area contributed by atoms with E-state index in [0.717, 1.165) is 18.4 Å². The van der Waals surface area contributed by atoms with Crippen LogP contribution in [0.25, 0.3) is 0 Å². The molecule has 3 rings (SSSR count). The molecular weight excluding hydrogens is 368 g/mol. The SMILES string of the molecule is Cc1ccc(C(=O)c2ccccc2C(=O)OCC(=O)N[C@](C)(C#N)C2CC2)cc1. The molecule has 0 spiro atoms. The molecule has 0 saturated heterocycles. The Morgan fingerprint density at radius 3 is 2.31 bits per heavy atom. The van der Waals surface area contributed by atoms with Crippen molar-refractivity contribution in [3.8, 4) is 6.07 Å². The van der Waals surface area contributed by atoms with Gasteiger partial charge in [0.05, 0.1) is 11.6 Å².